The van der Waals surface area contributed by atoms with E-state index in [1.807, 2.05) is 0 Å². The Morgan fingerprint density at radius 2 is 1.87 bits per heavy atom. The number of hydrogen-bond donors (Lipinski definition) is 1. The normalized spacial score (nSPS) is 11.3. The minimum absolute atomic E-state index is 0.0104. The summed E-state index contributed by atoms with van der Waals surface area (Å²) in [6.07, 6.45) is 0. The predicted octanol–water partition coefficient (Wildman–Crippen LogP) is 0.463. The third-order valence-electron chi connectivity index (χ3n) is 1.53. The van der Waals surface area contributed by atoms with Crippen molar-refractivity contribution in [1.29, 1.82) is 0 Å². The standard InChI is InChI=1S/C7H7NO6S/c9-8(10)7-3-1-6(2-4-7)5-14-15(11,12)13/h1-4H,5H2,(H-,9,10,11,12,13). The van der Waals surface area contributed by atoms with Crippen LogP contribution >= 0.6 is 0 Å². The van der Waals surface area contributed by atoms with Crippen LogP contribution in [0.3, 0.4) is 0 Å². The summed E-state index contributed by atoms with van der Waals surface area (Å²) in [5, 5.41) is 8.47. The van der Waals surface area contributed by atoms with E-state index in [1.165, 1.54) is 24.3 Å². The van der Waals surface area contributed by atoms with Crippen LogP contribution in [0.5, 0.6) is 0 Å². The van der Waals surface area contributed by atoms with Gasteiger partial charge in [0.15, 0.2) is 0 Å². The summed E-state index contributed by atoms with van der Waals surface area (Å²) in [5.41, 5.74) is 0.378. The Bertz CT molecular complexity index is 451. The first kappa shape index (κ1) is 11.6. The molecule has 0 aromatic heterocycles. The van der Waals surface area contributed by atoms with Gasteiger partial charge in [-0.25, -0.2) is 13.6 Å². The number of nitrogens with zero attached hydrogens (tertiary/aromatic N) is 1. The molecular weight excluding hydrogens is 226 g/mol. The fourth-order valence-electron chi connectivity index (χ4n) is 0.860. The molecule has 1 rings (SSSR count). The van der Waals surface area contributed by atoms with Gasteiger partial charge in [0.05, 0.1) is 11.5 Å². The lowest BCUT2D eigenvalue weighted by atomic mass is 10.2. The quantitative estimate of drug-likeness (QED) is 0.460. The van der Waals surface area contributed by atoms with Crippen LogP contribution in [-0.2, 0) is 21.2 Å². The maximum Gasteiger partial charge on any atom is 0.316 e. The fourth-order valence-corrected chi connectivity index (χ4v) is 1.14. The SMILES string of the molecule is O=[N+](O)c1ccc(COS(=O)(=O)[O-])cc1. The molecule has 0 atom stereocenters. The number of hydrogen-bond acceptors (Lipinski definition) is 5. The van der Waals surface area contributed by atoms with Crippen LogP contribution in [0.2, 0.25) is 0 Å². The van der Waals surface area contributed by atoms with Crippen molar-refractivity contribution in [2.45, 2.75) is 6.61 Å². The van der Waals surface area contributed by atoms with Gasteiger partial charge in [0.1, 0.15) is 0 Å². The van der Waals surface area contributed by atoms with Crippen molar-refractivity contribution in [1.82, 2.24) is 0 Å². The average molecular weight is 233 g/mol. The molecule has 0 spiro atoms. The molecule has 1 N–H and O–H groups in total. The molecule has 1 aromatic rings. The van der Waals surface area contributed by atoms with E-state index in [-0.39, 0.29) is 10.6 Å². The summed E-state index contributed by atoms with van der Waals surface area (Å²) in [4.78, 5) is 10.0. The summed E-state index contributed by atoms with van der Waals surface area (Å²) < 4.78 is 34.3. The van der Waals surface area contributed by atoms with Crippen LogP contribution in [0.25, 0.3) is 0 Å². The highest BCUT2D eigenvalue weighted by atomic mass is 32.3. The summed E-state index contributed by atoms with van der Waals surface area (Å²) in [7, 11) is -4.72. The molecule has 0 unspecified atom stereocenters. The lowest BCUT2D eigenvalue weighted by Crippen LogP contribution is -2.03. The molecule has 8 heteroatoms. The van der Waals surface area contributed by atoms with Crippen LogP contribution < -0.4 is 0 Å². The van der Waals surface area contributed by atoms with Gasteiger partial charge in [-0.05, 0) is 17.7 Å². The molecule has 1 aromatic carbocycles. The van der Waals surface area contributed by atoms with Crippen LogP contribution in [0.15, 0.2) is 24.3 Å². The number of benzene rings is 1. The zero-order chi connectivity index (χ0) is 11.5. The van der Waals surface area contributed by atoms with Crippen LogP contribution in [0.4, 0.5) is 5.69 Å². The highest BCUT2D eigenvalue weighted by Gasteiger charge is 2.09. The molecule has 0 radical (unpaired) electrons. The molecule has 0 aliphatic carbocycles. The van der Waals surface area contributed by atoms with Crippen molar-refractivity contribution < 1.29 is 27.3 Å². The van der Waals surface area contributed by atoms with E-state index in [1.54, 1.807) is 0 Å². The van der Waals surface area contributed by atoms with Crippen molar-refractivity contribution in [3.63, 3.8) is 0 Å². The van der Waals surface area contributed by atoms with E-state index in [2.05, 4.69) is 4.18 Å². The first-order valence-corrected chi connectivity index (χ1v) is 5.07. The molecule has 0 fully saturated rings. The van der Waals surface area contributed by atoms with Crippen molar-refractivity contribution in [2.24, 2.45) is 0 Å². The molecule has 15 heavy (non-hydrogen) atoms. The van der Waals surface area contributed by atoms with Crippen LogP contribution in [-0.4, -0.2) is 23.1 Å². The molecule has 0 bridgehead atoms. The highest BCUT2D eigenvalue weighted by molar-refractivity contribution is 7.80. The van der Waals surface area contributed by atoms with E-state index in [0.717, 1.165) is 0 Å². The maximum absolute atomic E-state index is 10.4. The molecule has 0 aliphatic rings. The van der Waals surface area contributed by atoms with Crippen molar-refractivity contribution in [3.05, 3.63) is 34.7 Å². The van der Waals surface area contributed by atoms with Gasteiger partial charge in [-0.2, -0.15) is 0 Å². The Morgan fingerprint density at radius 3 is 2.27 bits per heavy atom. The molecule has 0 aliphatic heterocycles. The maximum atomic E-state index is 10.4. The monoisotopic (exact) mass is 233 g/mol. The predicted molar refractivity (Wildman–Crippen MR) is 46.0 cm³/mol. The van der Waals surface area contributed by atoms with E-state index < -0.39 is 17.0 Å². The van der Waals surface area contributed by atoms with Gasteiger partial charge >= 0.3 is 5.69 Å². The van der Waals surface area contributed by atoms with E-state index in [9.17, 15) is 17.9 Å². The second-order valence-corrected chi connectivity index (χ2v) is 3.66. The van der Waals surface area contributed by atoms with E-state index in [0.29, 0.717) is 5.56 Å². The zero-order valence-corrected chi connectivity index (χ0v) is 8.18. The topological polar surface area (TPSA) is 107 Å². The van der Waals surface area contributed by atoms with Crippen molar-refractivity contribution in [3.8, 4) is 0 Å². The molecule has 0 heterocycles. The van der Waals surface area contributed by atoms with Crippen molar-refractivity contribution >= 4 is 16.1 Å². The molecular formula is C7H7NO6S. The third kappa shape index (κ3) is 4.02. The second-order valence-electron chi connectivity index (χ2n) is 2.61. The second kappa shape index (κ2) is 4.34. The average Bonchev–Trinajstić information content (AvgIpc) is 2.14. The summed E-state index contributed by atoms with van der Waals surface area (Å²) in [6.45, 7) is -0.406. The number of rotatable bonds is 4. The Hall–Kier alpha value is -1.51. The van der Waals surface area contributed by atoms with Gasteiger partial charge in [0.2, 0.25) is 10.4 Å². The third-order valence-corrected chi connectivity index (χ3v) is 1.93. The Balaban J connectivity index is 2.69. The van der Waals surface area contributed by atoms with Gasteiger partial charge in [0.25, 0.3) is 4.92 Å². The summed E-state index contributed by atoms with van der Waals surface area (Å²) in [5.74, 6) is 0. The Kier molecular flexibility index (Phi) is 3.35. The van der Waals surface area contributed by atoms with Crippen LogP contribution in [0.1, 0.15) is 5.56 Å². The summed E-state index contributed by atoms with van der Waals surface area (Å²) >= 11 is 0. The minimum Gasteiger partial charge on any atom is -0.726 e. The summed E-state index contributed by atoms with van der Waals surface area (Å²) in [6, 6.07) is 5.20. The smallest absolute Gasteiger partial charge is 0.316 e. The zero-order valence-electron chi connectivity index (χ0n) is 7.36. The fraction of sp³-hybridized carbons (Fsp3) is 0.143. The first-order valence-electron chi connectivity index (χ1n) is 3.74. The largest absolute Gasteiger partial charge is 0.726 e. The minimum atomic E-state index is -4.72. The highest BCUT2D eigenvalue weighted by Crippen LogP contribution is 2.12. The van der Waals surface area contributed by atoms with Crippen molar-refractivity contribution in [2.75, 3.05) is 0 Å². The molecule has 7 nitrogen and oxygen atoms in total. The van der Waals surface area contributed by atoms with Gasteiger partial charge in [0, 0.05) is 12.1 Å². The first-order chi connectivity index (χ1) is 6.88. The Labute approximate surface area is 85.4 Å². The molecule has 0 saturated heterocycles. The molecule has 82 valence electrons. The van der Waals surface area contributed by atoms with E-state index in [4.69, 9.17) is 5.21 Å². The van der Waals surface area contributed by atoms with Gasteiger partial charge in [-0.3, -0.25) is 4.18 Å². The molecule has 0 saturated carbocycles. The van der Waals surface area contributed by atoms with Crippen LogP contribution in [0, 0.1) is 4.91 Å². The van der Waals surface area contributed by atoms with E-state index >= 15 is 0 Å². The van der Waals surface area contributed by atoms with Gasteiger partial charge in [-0.15, -0.1) is 0 Å². The van der Waals surface area contributed by atoms with Gasteiger partial charge in [-0.1, -0.05) is 0 Å². The lowest BCUT2D eigenvalue weighted by molar-refractivity contribution is -0.729. The van der Waals surface area contributed by atoms with Gasteiger partial charge < -0.3 is 4.55 Å². The lowest BCUT2D eigenvalue weighted by Gasteiger charge is -2.06. The Morgan fingerprint density at radius 1 is 1.33 bits per heavy atom. The molecule has 0 amide bonds.